The van der Waals surface area contributed by atoms with Gasteiger partial charge in [0.1, 0.15) is 0 Å². The minimum Gasteiger partial charge on any atom is -0.356 e. The van der Waals surface area contributed by atoms with Crippen LogP contribution in [0.2, 0.25) is 0 Å². The fourth-order valence-corrected chi connectivity index (χ4v) is 5.17. The predicted molar refractivity (Wildman–Crippen MR) is 96.5 cm³/mol. The molecule has 0 aromatic heterocycles. The van der Waals surface area contributed by atoms with Gasteiger partial charge in [0.15, 0.2) is 0 Å². The molecule has 1 amide bonds. The van der Waals surface area contributed by atoms with Crippen LogP contribution in [0.25, 0.3) is 0 Å². The number of hydrogen-bond acceptors (Lipinski definition) is 4. The molecule has 2 N–H and O–H groups in total. The summed E-state index contributed by atoms with van der Waals surface area (Å²) in [4.78, 5) is 12.7. The summed E-state index contributed by atoms with van der Waals surface area (Å²) in [5.41, 5.74) is 0. The van der Waals surface area contributed by atoms with Crippen molar-refractivity contribution in [1.29, 1.82) is 0 Å². The molecule has 25 heavy (non-hydrogen) atoms. The van der Waals surface area contributed by atoms with Crippen LogP contribution in [0.1, 0.15) is 25.7 Å². The van der Waals surface area contributed by atoms with Gasteiger partial charge in [-0.25, -0.2) is 8.42 Å². The Hall–Kier alpha value is -1.44. The van der Waals surface area contributed by atoms with Crippen molar-refractivity contribution in [2.75, 3.05) is 32.7 Å². The lowest BCUT2D eigenvalue weighted by atomic mass is 9.98. The molecule has 2 saturated heterocycles. The zero-order valence-electron chi connectivity index (χ0n) is 14.5. The van der Waals surface area contributed by atoms with Crippen molar-refractivity contribution in [2.24, 2.45) is 11.8 Å². The van der Waals surface area contributed by atoms with E-state index in [0.29, 0.717) is 23.9 Å². The number of nitrogens with one attached hydrogen (secondary N) is 2. The third-order valence-electron chi connectivity index (χ3n) is 5.15. The summed E-state index contributed by atoms with van der Waals surface area (Å²) < 4.78 is 26.9. The number of hydrogen-bond donors (Lipinski definition) is 2. The zero-order valence-corrected chi connectivity index (χ0v) is 15.3. The van der Waals surface area contributed by atoms with Crippen LogP contribution in [0.15, 0.2) is 35.2 Å². The third kappa shape index (κ3) is 4.59. The summed E-state index contributed by atoms with van der Waals surface area (Å²) in [6, 6.07) is 8.45. The van der Waals surface area contributed by atoms with Crippen LogP contribution in [0.3, 0.4) is 0 Å². The molecule has 1 aromatic carbocycles. The van der Waals surface area contributed by atoms with Crippen molar-refractivity contribution >= 4 is 15.9 Å². The van der Waals surface area contributed by atoms with Crippen LogP contribution < -0.4 is 10.6 Å². The van der Waals surface area contributed by atoms with Crippen LogP contribution >= 0.6 is 0 Å². The van der Waals surface area contributed by atoms with E-state index in [-0.39, 0.29) is 18.4 Å². The average molecular weight is 365 g/mol. The first-order valence-electron chi connectivity index (χ1n) is 9.11. The third-order valence-corrected chi connectivity index (χ3v) is 7.03. The van der Waals surface area contributed by atoms with Crippen molar-refractivity contribution in [2.45, 2.75) is 30.6 Å². The summed E-state index contributed by atoms with van der Waals surface area (Å²) in [5, 5.41) is 6.33. The molecule has 2 heterocycles. The highest BCUT2D eigenvalue weighted by atomic mass is 32.2. The van der Waals surface area contributed by atoms with E-state index >= 15 is 0 Å². The molecule has 1 aromatic rings. The molecule has 0 spiro atoms. The lowest BCUT2D eigenvalue weighted by Gasteiger charge is -2.31. The number of carbonyl (C=O) groups is 1. The van der Waals surface area contributed by atoms with E-state index in [1.165, 1.54) is 10.7 Å². The number of sulfonamides is 1. The maximum Gasteiger partial charge on any atom is 0.243 e. The summed E-state index contributed by atoms with van der Waals surface area (Å²) in [5.74, 6) is 0.370. The summed E-state index contributed by atoms with van der Waals surface area (Å²) >= 11 is 0. The lowest BCUT2D eigenvalue weighted by molar-refractivity contribution is -0.126. The Kier molecular flexibility index (Phi) is 6.09. The van der Waals surface area contributed by atoms with E-state index in [4.69, 9.17) is 0 Å². The van der Waals surface area contributed by atoms with Crippen molar-refractivity contribution in [1.82, 2.24) is 14.9 Å². The van der Waals surface area contributed by atoms with Crippen LogP contribution in [0, 0.1) is 11.8 Å². The van der Waals surface area contributed by atoms with E-state index in [9.17, 15) is 13.2 Å². The Morgan fingerprint density at radius 1 is 1.24 bits per heavy atom. The van der Waals surface area contributed by atoms with E-state index in [1.807, 2.05) is 0 Å². The molecule has 2 unspecified atom stereocenters. The Morgan fingerprint density at radius 3 is 2.76 bits per heavy atom. The number of amides is 1. The predicted octanol–water partition coefficient (Wildman–Crippen LogP) is 1.20. The van der Waals surface area contributed by atoms with Crippen LogP contribution in [0.5, 0.6) is 0 Å². The highest BCUT2D eigenvalue weighted by Gasteiger charge is 2.33. The molecule has 2 aliphatic heterocycles. The van der Waals surface area contributed by atoms with Crippen molar-refractivity contribution in [3.8, 4) is 0 Å². The summed E-state index contributed by atoms with van der Waals surface area (Å²) in [6.45, 7) is 3.52. The second-order valence-corrected chi connectivity index (χ2v) is 8.89. The molecule has 0 bridgehead atoms. The SMILES string of the molecule is O=C(NCCC1CCNC1)C1CCCN(S(=O)(=O)c2ccccc2)C1. The van der Waals surface area contributed by atoms with Gasteiger partial charge in [0.2, 0.25) is 15.9 Å². The molecule has 2 aliphatic rings. The van der Waals surface area contributed by atoms with Crippen molar-refractivity contribution in [3.05, 3.63) is 30.3 Å². The Labute approximate surface area is 150 Å². The number of benzene rings is 1. The van der Waals surface area contributed by atoms with Gasteiger partial charge in [-0.2, -0.15) is 4.31 Å². The molecular weight excluding hydrogens is 338 g/mol. The number of nitrogens with zero attached hydrogens (tertiary/aromatic N) is 1. The Morgan fingerprint density at radius 2 is 2.04 bits per heavy atom. The highest BCUT2D eigenvalue weighted by molar-refractivity contribution is 7.89. The lowest BCUT2D eigenvalue weighted by Crippen LogP contribution is -2.45. The summed E-state index contributed by atoms with van der Waals surface area (Å²) in [7, 11) is -3.52. The standard InChI is InChI=1S/C18H27N3O3S/c22-18(20-11-9-15-8-10-19-13-15)16-5-4-12-21(14-16)25(23,24)17-6-2-1-3-7-17/h1-3,6-7,15-16,19H,4-5,8-14H2,(H,20,22). The van der Waals surface area contributed by atoms with Crippen molar-refractivity contribution in [3.63, 3.8) is 0 Å². The second-order valence-electron chi connectivity index (χ2n) is 6.95. The molecule has 7 heteroatoms. The van der Waals surface area contributed by atoms with E-state index in [1.54, 1.807) is 30.3 Å². The minimum atomic E-state index is -3.52. The highest BCUT2D eigenvalue weighted by Crippen LogP contribution is 2.23. The van der Waals surface area contributed by atoms with E-state index < -0.39 is 10.0 Å². The van der Waals surface area contributed by atoms with Gasteiger partial charge in [-0.05, 0) is 56.8 Å². The van der Waals surface area contributed by atoms with E-state index in [2.05, 4.69) is 10.6 Å². The quantitative estimate of drug-likeness (QED) is 0.794. The molecule has 0 saturated carbocycles. The largest absolute Gasteiger partial charge is 0.356 e. The zero-order chi connectivity index (χ0) is 17.7. The fourth-order valence-electron chi connectivity index (χ4n) is 3.62. The smallest absolute Gasteiger partial charge is 0.243 e. The first kappa shape index (κ1) is 18.4. The molecular formula is C18H27N3O3S. The van der Waals surface area contributed by atoms with E-state index in [0.717, 1.165) is 32.4 Å². The van der Waals surface area contributed by atoms with Gasteiger partial charge in [0, 0.05) is 19.6 Å². The second kappa shape index (κ2) is 8.29. The molecule has 0 radical (unpaired) electrons. The van der Waals surface area contributed by atoms with Gasteiger partial charge >= 0.3 is 0 Å². The van der Waals surface area contributed by atoms with Crippen LogP contribution in [0.4, 0.5) is 0 Å². The molecule has 0 aliphatic carbocycles. The molecule has 2 atom stereocenters. The van der Waals surface area contributed by atoms with Gasteiger partial charge in [-0.1, -0.05) is 18.2 Å². The first-order valence-corrected chi connectivity index (χ1v) is 10.5. The molecule has 2 fully saturated rings. The number of carbonyl (C=O) groups excluding carboxylic acids is 1. The fraction of sp³-hybridized carbons (Fsp3) is 0.611. The van der Waals surface area contributed by atoms with Gasteiger partial charge in [0.05, 0.1) is 10.8 Å². The topological polar surface area (TPSA) is 78.5 Å². The van der Waals surface area contributed by atoms with Crippen LogP contribution in [-0.4, -0.2) is 51.4 Å². The van der Waals surface area contributed by atoms with Gasteiger partial charge in [0.25, 0.3) is 0 Å². The minimum absolute atomic E-state index is 0.0149. The maximum absolute atomic E-state index is 12.7. The number of rotatable bonds is 6. The first-order chi connectivity index (χ1) is 12.1. The van der Waals surface area contributed by atoms with Crippen molar-refractivity contribution < 1.29 is 13.2 Å². The monoisotopic (exact) mass is 365 g/mol. The molecule has 6 nitrogen and oxygen atoms in total. The van der Waals surface area contributed by atoms with Gasteiger partial charge in [-0.15, -0.1) is 0 Å². The average Bonchev–Trinajstić information content (AvgIpc) is 3.16. The van der Waals surface area contributed by atoms with Gasteiger partial charge < -0.3 is 10.6 Å². The number of piperidine rings is 1. The maximum atomic E-state index is 12.7. The summed E-state index contributed by atoms with van der Waals surface area (Å²) in [6.07, 6.45) is 3.62. The van der Waals surface area contributed by atoms with Crippen LogP contribution in [-0.2, 0) is 14.8 Å². The Balaban J connectivity index is 1.54. The Bertz CT molecular complexity index is 672. The van der Waals surface area contributed by atoms with Gasteiger partial charge in [-0.3, -0.25) is 4.79 Å². The normalized spacial score (nSPS) is 25.0. The molecule has 138 valence electrons. The molecule has 3 rings (SSSR count).